The van der Waals surface area contributed by atoms with Crippen molar-refractivity contribution in [3.63, 3.8) is 0 Å². The van der Waals surface area contributed by atoms with Gasteiger partial charge in [0.15, 0.2) is 15.1 Å². The van der Waals surface area contributed by atoms with Gasteiger partial charge in [-0.3, -0.25) is 14.4 Å². The van der Waals surface area contributed by atoms with Gasteiger partial charge in [0, 0.05) is 39.3 Å². The maximum Gasteiger partial charge on any atom is 0.328 e. The van der Waals surface area contributed by atoms with Gasteiger partial charge in [0.25, 0.3) is 17.9 Å². The Balaban J connectivity index is 0.000000585. The zero-order valence-corrected chi connectivity index (χ0v) is 45.7. The van der Waals surface area contributed by atoms with Crippen molar-refractivity contribution in [3.8, 4) is 0 Å². The molecule has 3 aliphatic heterocycles. The Morgan fingerprint density at radius 2 is 0.731 bits per heavy atom. The van der Waals surface area contributed by atoms with E-state index in [0.717, 1.165) is 19.3 Å². The number of hydrazone groups is 3. The summed E-state index contributed by atoms with van der Waals surface area (Å²) < 4.78 is 15.2. The van der Waals surface area contributed by atoms with E-state index in [1.54, 1.807) is 20.8 Å². The van der Waals surface area contributed by atoms with Crippen molar-refractivity contribution in [2.24, 2.45) is 67.5 Å². The van der Waals surface area contributed by atoms with E-state index in [1.165, 1.54) is 14.7 Å². The Kier molecular flexibility index (Phi) is 32.3. The van der Waals surface area contributed by atoms with Crippen molar-refractivity contribution in [1.82, 2.24) is 30.7 Å². The molecule has 33 heteroatoms. The number of amides is 3. The van der Waals surface area contributed by atoms with E-state index in [-0.39, 0.29) is 55.4 Å². The molecule has 3 aliphatic rings. The SMILES string of the molecule is CCOC(=O)[C@@H]1C[C@H](C)CCN1C(=O)[C@@H](N)CCCN/C(N)=N\[N+](=O)[O-].CCOC(=O)[C@H]1C[C@H](C)CCN1C(=O)[C@@H](N)CCCN/C(N)=N\[N+](=O)[O-].CCOC(=O)[C@H]1C[C@H](C)CCN1C(=O)[C@@H](N)CCCN/C(N)=N\[N+](=O)[O-]. The Labute approximate surface area is 453 Å². The second-order valence-electron chi connectivity index (χ2n) is 19.0. The highest BCUT2D eigenvalue weighted by Crippen LogP contribution is 2.27. The van der Waals surface area contributed by atoms with Crippen LogP contribution in [0.25, 0.3) is 0 Å². The molecule has 0 bridgehead atoms. The number of nitro groups is 3. The first kappa shape index (κ1) is 68.7. The number of nitrogens with two attached hydrogens (primary N) is 6. The van der Waals surface area contributed by atoms with Gasteiger partial charge in [0.2, 0.25) is 17.7 Å². The molecule has 3 heterocycles. The fourth-order valence-corrected chi connectivity index (χ4v) is 8.60. The first-order valence-electron chi connectivity index (χ1n) is 26.1. The minimum atomic E-state index is -0.898. The third kappa shape index (κ3) is 26.2. The Hall–Kier alpha value is -7.29. The second-order valence-corrected chi connectivity index (χ2v) is 19.0. The number of piperidine rings is 3. The summed E-state index contributed by atoms with van der Waals surface area (Å²) in [6, 6.07) is -4.10. The first-order chi connectivity index (χ1) is 36.8. The zero-order valence-electron chi connectivity index (χ0n) is 45.7. The van der Waals surface area contributed by atoms with Crippen LogP contribution in [0.1, 0.15) is 119 Å². The predicted octanol–water partition coefficient (Wildman–Crippen LogP) is -1.86. The number of rotatable bonds is 24. The summed E-state index contributed by atoms with van der Waals surface area (Å²) in [5.41, 5.74) is 33.8. The van der Waals surface area contributed by atoms with Crippen molar-refractivity contribution < 1.29 is 58.1 Å². The number of likely N-dealkylation sites (tertiary alicyclic amines) is 3. The number of carbonyl (C=O) groups is 6. The quantitative estimate of drug-likeness (QED) is 0.00973. The third-order valence-electron chi connectivity index (χ3n) is 12.6. The van der Waals surface area contributed by atoms with Crippen molar-refractivity contribution >= 4 is 53.5 Å². The van der Waals surface area contributed by atoms with Crippen molar-refractivity contribution in [2.75, 3.05) is 59.1 Å². The summed E-state index contributed by atoms with van der Waals surface area (Å²) in [7, 11) is 0. The molecule has 3 saturated heterocycles. The lowest BCUT2D eigenvalue weighted by atomic mass is 9.91. The molecule has 0 radical (unpaired) electrons. The average molecular weight is 1120 g/mol. The topological polar surface area (TPSA) is 499 Å². The molecule has 3 amide bonds. The minimum Gasteiger partial charge on any atom is -0.464 e. The van der Waals surface area contributed by atoms with Crippen LogP contribution in [0.3, 0.4) is 0 Å². The lowest BCUT2D eigenvalue weighted by molar-refractivity contribution is -0.485. The number of esters is 3. The van der Waals surface area contributed by atoms with Crippen LogP contribution >= 0.6 is 0 Å². The molecule has 0 spiro atoms. The molecule has 0 unspecified atom stereocenters. The molecule has 3 rings (SSSR count). The molecule has 78 heavy (non-hydrogen) atoms. The van der Waals surface area contributed by atoms with Crippen molar-refractivity contribution in [2.45, 2.75) is 155 Å². The molecule has 444 valence electrons. The maximum absolute atomic E-state index is 12.6. The maximum atomic E-state index is 12.6. The first-order valence-corrected chi connectivity index (χ1v) is 26.1. The number of hydrogen-bond donors (Lipinski definition) is 9. The molecule has 0 aliphatic carbocycles. The Morgan fingerprint density at radius 3 is 0.936 bits per heavy atom. The third-order valence-corrected chi connectivity index (χ3v) is 12.6. The van der Waals surface area contributed by atoms with E-state index < -0.39 is 69.3 Å². The average Bonchev–Trinajstić information content (AvgIpc) is 3.36. The van der Waals surface area contributed by atoms with Crippen molar-refractivity contribution in [3.05, 3.63) is 30.3 Å². The summed E-state index contributed by atoms with van der Waals surface area (Å²) in [6.07, 6.45) is 6.56. The van der Waals surface area contributed by atoms with Crippen LogP contribution in [-0.4, -0.2) is 179 Å². The molecule has 3 fully saturated rings. The van der Waals surface area contributed by atoms with Gasteiger partial charge in [-0.15, -0.1) is 0 Å². The fourth-order valence-electron chi connectivity index (χ4n) is 8.60. The van der Waals surface area contributed by atoms with E-state index in [4.69, 9.17) is 48.6 Å². The molecule has 33 nitrogen and oxygen atoms in total. The highest BCUT2D eigenvalue weighted by Gasteiger charge is 2.40. The normalized spacial score (nSPS) is 21.8. The Morgan fingerprint density at radius 1 is 0.500 bits per heavy atom. The summed E-state index contributed by atoms with van der Waals surface area (Å²) in [4.78, 5) is 109. The molecular weight excluding hydrogens is 1030 g/mol. The highest BCUT2D eigenvalue weighted by atomic mass is 16.7. The van der Waals surface area contributed by atoms with Gasteiger partial charge in [-0.05, 0) is 116 Å². The van der Waals surface area contributed by atoms with Crippen LogP contribution < -0.4 is 50.4 Å². The van der Waals surface area contributed by atoms with Gasteiger partial charge in [-0.25, -0.2) is 44.7 Å². The van der Waals surface area contributed by atoms with E-state index >= 15 is 0 Å². The molecular formula is C45H84N18O15. The zero-order chi connectivity index (χ0) is 59.1. The van der Waals surface area contributed by atoms with Gasteiger partial charge in [-0.2, -0.15) is 0 Å². The molecule has 0 aromatic heterocycles. The number of ether oxygens (including phenoxy) is 3. The van der Waals surface area contributed by atoms with E-state index in [0.29, 0.717) is 115 Å². The van der Waals surface area contributed by atoms with E-state index in [2.05, 4.69) is 31.3 Å². The molecule has 0 aromatic carbocycles. The summed E-state index contributed by atoms with van der Waals surface area (Å²) >= 11 is 0. The monoisotopic (exact) mass is 1120 g/mol. The number of nitrogens with zero attached hydrogens (tertiary/aromatic N) is 9. The summed E-state index contributed by atoms with van der Waals surface area (Å²) in [5.74, 6) is -1.98. The van der Waals surface area contributed by atoms with Crippen molar-refractivity contribution in [1.29, 1.82) is 0 Å². The molecule has 9 atom stereocenters. The lowest BCUT2D eigenvalue weighted by Crippen LogP contribution is -2.55. The fraction of sp³-hybridized carbons (Fsp3) is 0.800. The van der Waals surface area contributed by atoms with Crippen LogP contribution in [0.2, 0.25) is 0 Å². The predicted molar refractivity (Wildman–Crippen MR) is 283 cm³/mol. The number of hydrogen-bond acceptors (Lipinski definition) is 18. The molecule has 0 aromatic rings. The summed E-state index contributed by atoms with van der Waals surface area (Å²) in [6.45, 7) is 14.4. The van der Waals surface area contributed by atoms with Crippen LogP contribution in [0.15, 0.2) is 15.3 Å². The van der Waals surface area contributed by atoms with E-state index in [1.807, 2.05) is 20.8 Å². The van der Waals surface area contributed by atoms with Gasteiger partial charge in [-0.1, -0.05) is 20.8 Å². The Bertz CT molecular complexity index is 1850. The van der Waals surface area contributed by atoms with Gasteiger partial charge >= 0.3 is 17.9 Å². The standard InChI is InChI=1S/3C15H28N6O5/c3*1-3-26-14(23)12-9-10(2)6-8-20(12)13(22)11(16)5-4-7-18-15(17)19-21(24)25/h3*10-12H,3-9,16H2,1-2H3,(H3,17,18,19)/t10-,11+,12+;2*10-,11+,12-/m111/s1. The summed E-state index contributed by atoms with van der Waals surface area (Å²) in [5, 5.41) is 44.2. The lowest BCUT2D eigenvalue weighted by Gasteiger charge is -2.38. The van der Waals surface area contributed by atoms with Crippen LogP contribution in [-0.2, 0) is 43.0 Å². The highest BCUT2D eigenvalue weighted by molar-refractivity contribution is 5.89. The van der Waals surface area contributed by atoms with Crippen LogP contribution in [0.5, 0.6) is 0 Å². The van der Waals surface area contributed by atoms with Crippen LogP contribution in [0.4, 0.5) is 0 Å². The van der Waals surface area contributed by atoms with Crippen LogP contribution in [0, 0.1) is 48.1 Å². The molecule has 15 N–H and O–H groups in total. The smallest absolute Gasteiger partial charge is 0.328 e. The van der Waals surface area contributed by atoms with E-state index in [9.17, 15) is 59.1 Å². The van der Waals surface area contributed by atoms with Gasteiger partial charge in [0.1, 0.15) is 33.4 Å². The number of nitrogens with one attached hydrogen (secondary N) is 3. The number of carbonyl (C=O) groups excluding carboxylic acids is 6. The minimum absolute atomic E-state index is 0.261. The van der Waals surface area contributed by atoms with Gasteiger partial charge in [0.05, 0.1) is 37.9 Å². The van der Waals surface area contributed by atoms with Gasteiger partial charge < -0.3 is 79.3 Å². The number of guanidine groups is 3. The largest absolute Gasteiger partial charge is 0.464 e. The molecule has 0 saturated carbocycles. The second kappa shape index (κ2) is 36.7.